The topological polar surface area (TPSA) is 90.1 Å². The van der Waals surface area contributed by atoms with E-state index in [-0.39, 0.29) is 23.7 Å². The molecule has 0 bridgehead atoms. The van der Waals surface area contributed by atoms with E-state index in [1.54, 1.807) is 0 Å². The minimum atomic E-state index is -0.522. The fourth-order valence-electron chi connectivity index (χ4n) is 2.73. The molecule has 20 heavy (non-hydrogen) atoms. The lowest BCUT2D eigenvalue weighted by molar-refractivity contribution is -0.385. The highest BCUT2D eigenvalue weighted by molar-refractivity contribution is 5.76. The van der Waals surface area contributed by atoms with Gasteiger partial charge in [-0.3, -0.25) is 19.6 Å². The average Bonchev–Trinajstić information content (AvgIpc) is 2.81. The molecule has 0 aliphatic heterocycles. The number of aromatic nitrogens is 2. The van der Waals surface area contributed by atoms with Crippen molar-refractivity contribution in [1.29, 1.82) is 0 Å². The first-order valence-electron chi connectivity index (χ1n) is 6.88. The Kier molecular flexibility index (Phi) is 4.06. The number of rotatable bonds is 4. The number of nitrogens with one attached hydrogen (secondary N) is 1. The van der Waals surface area contributed by atoms with E-state index in [1.807, 2.05) is 0 Å². The number of hydrogen-bond donors (Lipinski definition) is 1. The van der Waals surface area contributed by atoms with Gasteiger partial charge in [0.25, 0.3) is 0 Å². The maximum atomic E-state index is 12.1. The summed E-state index contributed by atoms with van der Waals surface area (Å²) in [6, 6.07) is 0. The summed E-state index contributed by atoms with van der Waals surface area (Å²) in [5, 5.41) is 17.5. The maximum absolute atomic E-state index is 12.1. The lowest BCUT2D eigenvalue weighted by Gasteiger charge is -2.40. The largest absolute Gasteiger partial charge is 0.349 e. The Morgan fingerprint density at radius 3 is 3.00 bits per heavy atom. The normalized spacial score (nSPS) is 26.2. The van der Waals surface area contributed by atoms with Crippen LogP contribution in [0.1, 0.15) is 39.5 Å². The summed E-state index contributed by atoms with van der Waals surface area (Å²) in [4.78, 5) is 22.1. The van der Waals surface area contributed by atoms with Crippen LogP contribution >= 0.6 is 0 Å². The second-order valence-electron chi connectivity index (χ2n) is 5.77. The van der Waals surface area contributed by atoms with Gasteiger partial charge in [0.2, 0.25) is 5.91 Å². The molecule has 1 aromatic rings. The monoisotopic (exact) mass is 280 g/mol. The third-order valence-corrected chi connectivity index (χ3v) is 4.23. The smallest absolute Gasteiger partial charge is 0.307 e. The first-order valence-corrected chi connectivity index (χ1v) is 6.88. The van der Waals surface area contributed by atoms with Gasteiger partial charge < -0.3 is 5.32 Å². The third kappa shape index (κ3) is 3.15. The number of nitrogens with zero attached hydrogens (tertiary/aromatic N) is 3. The molecule has 1 aliphatic carbocycles. The zero-order valence-corrected chi connectivity index (χ0v) is 11.8. The lowest BCUT2D eigenvalue weighted by atomic mass is 9.75. The highest BCUT2D eigenvalue weighted by atomic mass is 16.6. The first kappa shape index (κ1) is 14.5. The molecule has 7 heteroatoms. The van der Waals surface area contributed by atoms with Crippen molar-refractivity contribution in [3.63, 3.8) is 0 Å². The minimum Gasteiger partial charge on any atom is -0.349 e. The Morgan fingerprint density at radius 1 is 1.65 bits per heavy atom. The molecule has 1 aromatic heterocycles. The van der Waals surface area contributed by atoms with E-state index >= 15 is 0 Å². The van der Waals surface area contributed by atoms with Crippen molar-refractivity contribution in [2.75, 3.05) is 0 Å². The Morgan fingerprint density at radius 2 is 2.40 bits per heavy atom. The van der Waals surface area contributed by atoms with E-state index in [0.29, 0.717) is 5.92 Å². The molecule has 1 amide bonds. The van der Waals surface area contributed by atoms with Crippen molar-refractivity contribution in [3.05, 3.63) is 22.5 Å². The van der Waals surface area contributed by atoms with Crippen LogP contribution in [0, 0.1) is 16.0 Å². The van der Waals surface area contributed by atoms with Crippen molar-refractivity contribution in [1.82, 2.24) is 15.1 Å². The number of hydrogen-bond acceptors (Lipinski definition) is 4. The van der Waals surface area contributed by atoms with E-state index < -0.39 is 4.92 Å². The molecule has 7 nitrogen and oxygen atoms in total. The van der Waals surface area contributed by atoms with E-state index in [2.05, 4.69) is 24.3 Å². The number of nitro groups is 1. The molecule has 2 atom stereocenters. The van der Waals surface area contributed by atoms with Gasteiger partial charge in [0.1, 0.15) is 18.9 Å². The van der Waals surface area contributed by atoms with Gasteiger partial charge in [-0.2, -0.15) is 5.10 Å². The summed E-state index contributed by atoms with van der Waals surface area (Å²) in [6.45, 7) is 4.23. The van der Waals surface area contributed by atoms with Gasteiger partial charge in [0.15, 0.2) is 0 Å². The first-order chi connectivity index (χ1) is 9.40. The predicted molar refractivity (Wildman–Crippen MR) is 73.1 cm³/mol. The number of amides is 1. The molecule has 0 spiro atoms. The highest BCUT2D eigenvalue weighted by Gasteiger charge is 2.34. The molecule has 1 heterocycles. The molecule has 1 saturated carbocycles. The lowest BCUT2D eigenvalue weighted by Crippen LogP contribution is -2.53. The Labute approximate surface area is 117 Å². The zero-order valence-electron chi connectivity index (χ0n) is 11.8. The SMILES string of the molecule is C[C@@H]1CCCC[C@@]1(C)NC(=O)Cn1cc([N+](=O)[O-])cn1. The Hall–Kier alpha value is -1.92. The highest BCUT2D eigenvalue weighted by Crippen LogP contribution is 2.33. The fraction of sp³-hybridized carbons (Fsp3) is 0.692. The van der Waals surface area contributed by atoms with Gasteiger partial charge >= 0.3 is 5.69 Å². The average molecular weight is 280 g/mol. The van der Waals surface area contributed by atoms with Crippen LogP contribution in [0.4, 0.5) is 5.69 Å². The van der Waals surface area contributed by atoms with Crippen LogP contribution < -0.4 is 5.32 Å². The molecule has 1 N–H and O–H groups in total. The Bertz CT molecular complexity index is 513. The molecule has 1 fully saturated rings. The van der Waals surface area contributed by atoms with Crippen molar-refractivity contribution in [2.45, 2.75) is 51.6 Å². The summed E-state index contributed by atoms with van der Waals surface area (Å²) in [5.74, 6) is 0.284. The van der Waals surface area contributed by atoms with Crippen LogP contribution in [-0.4, -0.2) is 26.1 Å². The molecule has 2 rings (SSSR count). The van der Waals surface area contributed by atoms with Gasteiger partial charge in [-0.1, -0.05) is 19.8 Å². The van der Waals surface area contributed by atoms with Crippen molar-refractivity contribution in [3.8, 4) is 0 Å². The number of carbonyl (C=O) groups excluding carboxylic acids is 1. The Balaban J connectivity index is 1.96. The van der Waals surface area contributed by atoms with Crippen molar-refractivity contribution < 1.29 is 9.72 Å². The van der Waals surface area contributed by atoms with Gasteiger partial charge in [-0.05, 0) is 25.7 Å². The van der Waals surface area contributed by atoms with Crippen LogP contribution in [0.15, 0.2) is 12.4 Å². The molecular formula is C13H20N4O3. The summed E-state index contributed by atoms with van der Waals surface area (Å²) in [7, 11) is 0. The summed E-state index contributed by atoms with van der Waals surface area (Å²) in [5.41, 5.74) is -0.288. The van der Waals surface area contributed by atoms with E-state index in [1.165, 1.54) is 17.3 Å². The van der Waals surface area contributed by atoms with Crippen LogP contribution in [-0.2, 0) is 11.3 Å². The zero-order chi connectivity index (χ0) is 14.8. The number of carbonyl (C=O) groups is 1. The van der Waals surface area contributed by atoms with E-state index in [4.69, 9.17) is 0 Å². The molecule has 0 radical (unpaired) electrons. The van der Waals surface area contributed by atoms with Crippen LogP contribution in [0.25, 0.3) is 0 Å². The van der Waals surface area contributed by atoms with Crippen molar-refractivity contribution in [2.24, 2.45) is 5.92 Å². The fourth-order valence-corrected chi connectivity index (χ4v) is 2.73. The van der Waals surface area contributed by atoms with Gasteiger partial charge in [-0.25, -0.2) is 0 Å². The maximum Gasteiger partial charge on any atom is 0.307 e. The van der Waals surface area contributed by atoms with Crippen LogP contribution in [0.5, 0.6) is 0 Å². The van der Waals surface area contributed by atoms with Crippen LogP contribution in [0.2, 0.25) is 0 Å². The molecule has 0 unspecified atom stereocenters. The molecule has 0 saturated heterocycles. The quantitative estimate of drug-likeness (QED) is 0.673. The summed E-state index contributed by atoms with van der Waals surface area (Å²) < 4.78 is 1.30. The molecule has 1 aliphatic rings. The second-order valence-corrected chi connectivity index (χ2v) is 5.77. The van der Waals surface area contributed by atoms with Crippen LogP contribution in [0.3, 0.4) is 0 Å². The third-order valence-electron chi connectivity index (χ3n) is 4.23. The molecular weight excluding hydrogens is 260 g/mol. The summed E-state index contributed by atoms with van der Waals surface area (Å²) >= 11 is 0. The standard InChI is InChI=1S/C13H20N4O3/c1-10-5-3-4-6-13(10,2)15-12(18)9-16-8-11(7-14-16)17(19)20/h7-8,10H,3-6,9H2,1-2H3,(H,15,18)/t10-,13-/m1/s1. The van der Waals surface area contributed by atoms with E-state index in [0.717, 1.165) is 25.5 Å². The van der Waals surface area contributed by atoms with E-state index in [9.17, 15) is 14.9 Å². The van der Waals surface area contributed by atoms with Gasteiger partial charge in [0.05, 0.1) is 4.92 Å². The van der Waals surface area contributed by atoms with Gasteiger partial charge in [0, 0.05) is 5.54 Å². The molecule has 0 aromatic carbocycles. The molecule has 110 valence electrons. The summed E-state index contributed by atoms with van der Waals surface area (Å²) in [6.07, 6.45) is 6.83. The minimum absolute atomic E-state index is 0.0101. The van der Waals surface area contributed by atoms with Gasteiger partial charge in [-0.15, -0.1) is 0 Å². The second kappa shape index (κ2) is 5.60. The predicted octanol–water partition coefficient (Wildman–Crippen LogP) is 1.88. The van der Waals surface area contributed by atoms with Crippen molar-refractivity contribution >= 4 is 11.6 Å².